The Morgan fingerprint density at radius 2 is 1.95 bits per heavy atom. The summed E-state index contributed by atoms with van der Waals surface area (Å²) in [6.07, 6.45) is 4.29. The van der Waals surface area contributed by atoms with Gasteiger partial charge in [-0.2, -0.15) is 0 Å². The fourth-order valence-electron chi connectivity index (χ4n) is 3.07. The van der Waals surface area contributed by atoms with E-state index in [1.165, 1.54) is 29.5 Å². The van der Waals surface area contributed by atoms with E-state index in [0.29, 0.717) is 17.5 Å². The third-order valence-corrected chi connectivity index (χ3v) is 4.24. The van der Waals surface area contributed by atoms with E-state index < -0.39 is 0 Å². The summed E-state index contributed by atoms with van der Waals surface area (Å²) < 4.78 is 14.1. The number of fused-ring (bicyclic) bond motifs is 1. The summed E-state index contributed by atoms with van der Waals surface area (Å²) >= 11 is 0. The summed E-state index contributed by atoms with van der Waals surface area (Å²) in [6, 6.07) is 11.7. The first kappa shape index (κ1) is 13.3. The lowest BCUT2D eigenvalue weighted by atomic mass is 9.96. The molecule has 0 aromatic heterocycles. The van der Waals surface area contributed by atoms with Crippen LogP contribution in [0.5, 0.6) is 0 Å². The minimum atomic E-state index is -0.283. The Hall–Kier alpha value is -1.67. The maximum Gasteiger partial charge on any atom is 0.130 e. The summed E-state index contributed by atoms with van der Waals surface area (Å²) in [5, 5.41) is 0. The van der Waals surface area contributed by atoms with Crippen LogP contribution in [0.4, 0.5) is 4.39 Å². The quantitative estimate of drug-likeness (QED) is 0.899. The fourth-order valence-corrected chi connectivity index (χ4v) is 3.07. The minimum Gasteiger partial charge on any atom is -0.324 e. The molecule has 1 aliphatic carbocycles. The van der Waals surface area contributed by atoms with Gasteiger partial charge in [-0.1, -0.05) is 36.4 Å². The first-order valence-corrected chi connectivity index (χ1v) is 7.26. The van der Waals surface area contributed by atoms with Crippen molar-refractivity contribution in [1.29, 1.82) is 0 Å². The second-order valence-electron chi connectivity index (χ2n) is 5.75. The lowest BCUT2D eigenvalue weighted by molar-refractivity contribution is 0.573. The molecule has 0 spiro atoms. The Bertz CT molecular complexity index is 633. The van der Waals surface area contributed by atoms with Gasteiger partial charge in [0.2, 0.25) is 0 Å². The number of hydrogen-bond donors (Lipinski definition) is 1. The average molecular weight is 269 g/mol. The first-order chi connectivity index (χ1) is 9.65. The summed E-state index contributed by atoms with van der Waals surface area (Å²) in [7, 11) is 0. The fraction of sp³-hybridized carbons (Fsp3) is 0.333. The number of hydrogen-bond acceptors (Lipinski definition) is 1. The van der Waals surface area contributed by atoms with Gasteiger partial charge < -0.3 is 5.73 Å². The van der Waals surface area contributed by atoms with Crippen molar-refractivity contribution < 1.29 is 4.39 Å². The highest BCUT2D eigenvalue weighted by Gasteiger charge is 2.15. The number of aryl methyl sites for hydroxylation is 3. The van der Waals surface area contributed by atoms with Crippen molar-refractivity contribution in [2.75, 3.05) is 0 Å². The van der Waals surface area contributed by atoms with Gasteiger partial charge >= 0.3 is 0 Å². The Balaban J connectivity index is 1.82. The molecule has 2 heteroatoms. The molecule has 0 heterocycles. The van der Waals surface area contributed by atoms with Crippen molar-refractivity contribution in [1.82, 2.24) is 0 Å². The van der Waals surface area contributed by atoms with Crippen LogP contribution < -0.4 is 5.73 Å². The number of benzene rings is 2. The van der Waals surface area contributed by atoms with Gasteiger partial charge in [0.05, 0.1) is 0 Å². The van der Waals surface area contributed by atoms with E-state index in [9.17, 15) is 4.39 Å². The van der Waals surface area contributed by atoms with Crippen molar-refractivity contribution in [3.05, 3.63) is 70.0 Å². The van der Waals surface area contributed by atoms with E-state index in [1.54, 1.807) is 19.1 Å². The topological polar surface area (TPSA) is 26.0 Å². The molecule has 104 valence electrons. The number of nitrogens with two attached hydrogens (primary N) is 1. The van der Waals surface area contributed by atoms with Crippen LogP contribution in [-0.2, 0) is 19.3 Å². The summed E-state index contributed by atoms with van der Waals surface area (Å²) in [4.78, 5) is 0. The Morgan fingerprint density at radius 1 is 1.15 bits per heavy atom. The Kier molecular flexibility index (Phi) is 3.58. The maximum absolute atomic E-state index is 14.1. The predicted octanol–water partition coefficient (Wildman–Crippen LogP) is 3.87. The smallest absolute Gasteiger partial charge is 0.130 e. The van der Waals surface area contributed by atoms with Crippen molar-refractivity contribution in [2.24, 2.45) is 5.73 Å². The standard InChI is InChI=1S/C18H20FN/c1-12-4-2-7-16(18(12)19)17(20)11-13-8-9-14-5-3-6-15(14)10-13/h2,4,7-10,17H,3,5-6,11,20H2,1H3. The third kappa shape index (κ3) is 2.48. The molecule has 0 fully saturated rings. The van der Waals surface area contributed by atoms with E-state index in [0.717, 1.165) is 6.42 Å². The molecule has 1 unspecified atom stereocenters. The molecule has 2 aromatic rings. The molecule has 0 bridgehead atoms. The summed E-state index contributed by atoms with van der Waals surface area (Å²) in [5.74, 6) is -0.166. The van der Waals surface area contributed by atoms with Crippen molar-refractivity contribution in [2.45, 2.75) is 38.6 Å². The molecule has 1 atom stereocenters. The molecule has 1 nitrogen and oxygen atoms in total. The lowest BCUT2D eigenvalue weighted by Gasteiger charge is -2.15. The molecular weight excluding hydrogens is 249 g/mol. The number of rotatable bonds is 3. The van der Waals surface area contributed by atoms with Gasteiger partial charge in [0.1, 0.15) is 5.82 Å². The summed E-state index contributed by atoms with van der Waals surface area (Å²) in [6.45, 7) is 1.78. The largest absolute Gasteiger partial charge is 0.324 e. The second-order valence-corrected chi connectivity index (χ2v) is 5.75. The van der Waals surface area contributed by atoms with Crippen molar-refractivity contribution in [3.8, 4) is 0 Å². The van der Waals surface area contributed by atoms with Crippen LogP contribution in [0, 0.1) is 12.7 Å². The molecule has 0 radical (unpaired) electrons. The van der Waals surface area contributed by atoms with Gasteiger partial charge in [0.25, 0.3) is 0 Å². The zero-order valence-electron chi connectivity index (χ0n) is 11.8. The van der Waals surface area contributed by atoms with Crippen LogP contribution in [0.2, 0.25) is 0 Å². The lowest BCUT2D eigenvalue weighted by Crippen LogP contribution is -2.15. The van der Waals surface area contributed by atoms with Gasteiger partial charge in [-0.3, -0.25) is 0 Å². The van der Waals surface area contributed by atoms with Crippen LogP contribution in [0.1, 0.15) is 40.3 Å². The molecule has 3 rings (SSSR count). The van der Waals surface area contributed by atoms with Crippen LogP contribution >= 0.6 is 0 Å². The molecular formula is C18H20FN. The van der Waals surface area contributed by atoms with Crippen molar-refractivity contribution >= 4 is 0 Å². The molecule has 0 saturated heterocycles. The average Bonchev–Trinajstić information content (AvgIpc) is 2.89. The van der Waals surface area contributed by atoms with Crippen LogP contribution in [-0.4, -0.2) is 0 Å². The predicted molar refractivity (Wildman–Crippen MR) is 80.2 cm³/mol. The van der Waals surface area contributed by atoms with E-state index in [2.05, 4.69) is 18.2 Å². The van der Waals surface area contributed by atoms with Crippen molar-refractivity contribution in [3.63, 3.8) is 0 Å². The van der Waals surface area contributed by atoms with Gasteiger partial charge in [-0.25, -0.2) is 4.39 Å². The molecule has 0 saturated carbocycles. The number of halogens is 1. The highest BCUT2D eigenvalue weighted by atomic mass is 19.1. The van der Waals surface area contributed by atoms with E-state index in [1.807, 2.05) is 6.07 Å². The SMILES string of the molecule is Cc1cccc(C(N)Cc2ccc3c(c2)CCC3)c1F. The van der Waals surface area contributed by atoms with Crippen LogP contribution in [0.25, 0.3) is 0 Å². The molecule has 0 amide bonds. The van der Waals surface area contributed by atoms with E-state index >= 15 is 0 Å². The third-order valence-electron chi connectivity index (χ3n) is 4.24. The van der Waals surface area contributed by atoms with Gasteiger partial charge in [-0.05, 0) is 54.9 Å². The molecule has 1 aliphatic rings. The minimum absolute atomic E-state index is 0.166. The van der Waals surface area contributed by atoms with Gasteiger partial charge in [0.15, 0.2) is 0 Å². The molecule has 20 heavy (non-hydrogen) atoms. The van der Waals surface area contributed by atoms with E-state index in [4.69, 9.17) is 5.73 Å². The van der Waals surface area contributed by atoms with E-state index in [-0.39, 0.29) is 11.9 Å². The molecule has 2 aromatic carbocycles. The van der Waals surface area contributed by atoms with Crippen LogP contribution in [0.3, 0.4) is 0 Å². The first-order valence-electron chi connectivity index (χ1n) is 7.26. The normalized spacial score (nSPS) is 15.2. The van der Waals surface area contributed by atoms with Gasteiger partial charge in [-0.15, -0.1) is 0 Å². The highest BCUT2D eigenvalue weighted by Crippen LogP contribution is 2.26. The highest BCUT2D eigenvalue weighted by molar-refractivity contribution is 5.36. The zero-order chi connectivity index (χ0) is 14.1. The Labute approximate surface area is 119 Å². The van der Waals surface area contributed by atoms with Crippen LogP contribution in [0.15, 0.2) is 36.4 Å². The monoisotopic (exact) mass is 269 g/mol. The Morgan fingerprint density at radius 3 is 2.80 bits per heavy atom. The molecule has 2 N–H and O–H groups in total. The molecule has 0 aliphatic heterocycles. The second kappa shape index (κ2) is 5.37. The van der Waals surface area contributed by atoms with Gasteiger partial charge in [0, 0.05) is 11.6 Å². The zero-order valence-corrected chi connectivity index (χ0v) is 11.8. The maximum atomic E-state index is 14.1. The summed E-state index contributed by atoms with van der Waals surface area (Å²) in [5.41, 5.74) is 11.6.